The number of esters is 3. The second-order valence-electron chi connectivity index (χ2n) is 4.03. The molecule has 2 N–H and O–H groups in total. The molecule has 0 amide bonds. The van der Waals surface area contributed by atoms with Gasteiger partial charge in [-0.25, -0.2) is 24.0 Å². The number of hydrogen-bond acceptors (Lipinski definition) is 8. The Kier molecular flexibility index (Phi) is 8.85. The van der Waals surface area contributed by atoms with Crippen LogP contribution in [0.1, 0.15) is 6.92 Å². The maximum Gasteiger partial charge on any atom is 0.336 e. The molecule has 0 aliphatic rings. The van der Waals surface area contributed by atoms with Crippen molar-refractivity contribution >= 4 is 29.8 Å². The van der Waals surface area contributed by atoms with Crippen LogP contribution in [-0.2, 0) is 38.2 Å². The lowest BCUT2D eigenvalue weighted by molar-refractivity contribution is -0.193. The van der Waals surface area contributed by atoms with Gasteiger partial charge in [-0.3, -0.25) is 0 Å². The van der Waals surface area contributed by atoms with Crippen molar-refractivity contribution in [2.24, 2.45) is 0 Å². The van der Waals surface area contributed by atoms with Gasteiger partial charge in [0.05, 0.1) is 0 Å². The molecule has 10 heteroatoms. The van der Waals surface area contributed by atoms with Gasteiger partial charge in [0.25, 0.3) is 6.29 Å². The van der Waals surface area contributed by atoms with Crippen molar-refractivity contribution in [1.29, 1.82) is 0 Å². The number of carbonyl (C=O) groups is 5. The van der Waals surface area contributed by atoms with E-state index in [1.165, 1.54) is 6.92 Å². The summed E-state index contributed by atoms with van der Waals surface area (Å²) >= 11 is 0. The Morgan fingerprint density at radius 3 is 1.88 bits per heavy atom. The van der Waals surface area contributed by atoms with Crippen molar-refractivity contribution in [3.05, 3.63) is 36.5 Å². The van der Waals surface area contributed by atoms with Crippen LogP contribution in [0.15, 0.2) is 36.5 Å². The molecule has 0 rings (SSSR count). The smallest absolute Gasteiger partial charge is 0.336 e. The number of carbonyl (C=O) groups excluding carboxylic acids is 3. The first-order chi connectivity index (χ1) is 11.1. The van der Waals surface area contributed by atoms with Crippen molar-refractivity contribution in [3.8, 4) is 0 Å². The highest BCUT2D eigenvalue weighted by atomic mass is 16.7. The van der Waals surface area contributed by atoms with Crippen molar-refractivity contribution in [2.45, 2.75) is 13.2 Å². The Morgan fingerprint density at radius 1 is 0.917 bits per heavy atom. The van der Waals surface area contributed by atoms with E-state index in [2.05, 4.69) is 20.8 Å². The summed E-state index contributed by atoms with van der Waals surface area (Å²) in [6.45, 7) is 3.87. The van der Waals surface area contributed by atoms with E-state index in [-0.39, 0.29) is 5.57 Å². The van der Waals surface area contributed by atoms with Crippen molar-refractivity contribution in [2.75, 3.05) is 6.61 Å². The van der Waals surface area contributed by atoms with E-state index in [4.69, 9.17) is 10.2 Å². The molecular weight excluding hydrogens is 328 g/mol. The first-order valence-corrected chi connectivity index (χ1v) is 6.17. The van der Waals surface area contributed by atoms with E-state index in [9.17, 15) is 24.0 Å². The number of carboxylic acid groups (broad SMARTS) is 2. The third-order valence-corrected chi connectivity index (χ3v) is 1.92. The van der Waals surface area contributed by atoms with Crippen LogP contribution in [-0.4, -0.2) is 53.0 Å². The molecule has 0 aromatic carbocycles. The summed E-state index contributed by atoms with van der Waals surface area (Å²) in [7, 11) is 0. The molecule has 0 saturated heterocycles. The molecule has 0 bridgehead atoms. The Labute approximate surface area is 135 Å². The average molecular weight is 342 g/mol. The summed E-state index contributed by atoms with van der Waals surface area (Å²) in [5.74, 6) is -6.01. The lowest BCUT2D eigenvalue weighted by atomic mass is 10.4. The fourth-order valence-corrected chi connectivity index (χ4v) is 0.958. The Hall–Kier alpha value is -3.43. The van der Waals surface area contributed by atoms with E-state index < -0.39 is 42.7 Å². The summed E-state index contributed by atoms with van der Waals surface area (Å²) < 4.78 is 13.8. The van der Waals surface area contributed by atoms with E-state index in [0.29, 0.717) is 24.3 Å². The highest BCUT2D eigenvalue weighted by Crippen LogP contribution is 2.03. The maximum absolute atomic E-state index is 11.4. The zero-order valence-electron chi connectivity index (χ0n) is 12.5. The van der Waals surface area contributed by atoms with Crippen LogP contribution in [0.3, 0.4) is 0 Å². The second kappa shape index (κ2) is 10.3. The molecule has 0 heterocycles. The number of ether oxygens (including phenoxy) is 3. The topological polar surface area (TPSA) is 154 Å². The molecule has 0 aliphatic carbocycles. The number of rotatable bonds is 9. The van der Waals surface area contributed by atoms with Crippen molar-refractivity contribution < 1.29 is 48.4 Å². The first kappa shape index (κ1) is 20.6. The van der Waals surface area contributed by atoms with Gasteiger partial charge in [0, 0.05) is 29.9 Å². The minimum Gasteiger partial charge on any atom is -0.478 e. The summed E-state index contributed by atoms with van der Waals surface area (Å²) in [6.07, 6.45) is 0.463. The Balaban J connectivity index is 4.80. The van der Waals surface area contributed by atoms with Crippen molar-refractivity contribution in [1.82, 2.24) is 0 Å². The lowest BCUT2D eigenvalue weighted by Gasteiger charge is -2.17. The van der Waals surface area contributed by atoms with E-state index >= 15 is 0 Å². The largest absolute Gasteiger partial charge is 0.478 e. The van der Waals surface area contributed by atoms with E-state index in [1.807, 2.05) is 0 Å². The monoisotopic (exact) mass is 342 g/mol. The molecule has 130 valence electrons. The minimum absolute atomic E-state index is 0.0331. The Bertz CT molecular complexity index is 599. The number of carboxylic acids is 2. The third kappa shape index (κ3) is 10.3. The maximum atomic E-state index is 11.4. The molecule has 24 heavy (non-hydrogen) atoms. The van der Waals surface area contributed by atoms with E-state index in [0.717, 1.165) is 0 Å². The van der Waals surface area contributed by atoms with Gasteiger partial charge >= 0.3 is 29.8 Å². The fraction of sp³-hybridized carbons (Fsp3) is 0.214. The molecule has 0 spiro atoms. The highest BCUT2D eigenvalue weighted by molar-refractivity contribution is 5.91. The molecule has 0 aromatic heterocycles. The molecular formula is C14H14O10. The highest BCUT2D eigenvalue weighted by Gasteiger charge is 2.20. The lowest BCUT2D eigenvalue weighted by Crippen LogP contribution is -2.30. The summed E-state index contributed by atoms with van der Waals surface area (Å²) in [5, 5.41) is 16.7. The van der Waals surface area contributed by atoms with Crippen molar-refractivity contribution in [3.63, 3.8) is 0 Å². The number of aliphatic carboxylic acids is 2. The molecule has 0 saturated carbocycles. The molecule has 0 radical (unpaired) electrons. The third-order valence-electron chi connectivity index (χ3n) is 1.92. The average Bonchev–Trinajstić information content (AvgIpc) is 2.48. The molecule has 10 nitrogen and oxygen atoms in total. The van der Waals surface area contributed by atoms with E-state index in [1.54, 1.807) is 0 Å². The minimum atomic E-state index is -1.68. The zero-order valence-corrected chi connectivity index (χ0v) is 12.5. The zero-order chi connectivity index (χ0) is 18.7. The van der Waals surface area contributed by atoms with Crippen LogP contribution >= 0.6 is 0 Å². The van der Waals surface area contributed by atoms with Gasteiger partial charge in [0.1, 0.15) is 0 Å². The molecule has 0 fully saturated rings. The summed E-state index contributed by atoms with van der Waals surface area (Å²) in [6, 6.07) is 0. The predicted molar refractivity (Wildman–Crippen MR) is 75.3 cm³/mol. The first-order valence-electron chi connectivity index (χ1n) is 6.17. The normalized spacial score (nSPS) is 11.7. The van der Waals surface area contributed by atoms with Gasteiger partial charge < -0.3 is 24.4 Å². The van der Waals surface area contributed by atoms with Crippen LogP contribution in [0, 0.1) is 0 Å². The molecule has 1 unspecified atom stereocenters. The predicted octanol–water partition coefficient (Wildman–Crippen LogP) is -0.200. The van der Waals surface area contributed by atoms with Crippen LogP contribution in [0.2, 0.25) is 0 Å². The van der Waals surface area contributed by atoms with Gasteiger partial charge in [0.15, 0.2) is 6.61 Å². The van der Waals surface area contributed by atoms with Gasteiger partial charge in [-0.05, 0) is 6.92 Å². The van der Waals surface area contributed by atoms with Crippen LogP contribution in [0.4, 0.5) is 0 Å². The Morgan fingerprint density at radius 2 is 1.42 bits per heavy atom. The SMILES string of the molecule is C=C(C)C(=O)OC(COC(=O)C=CC(=O)O)OC(=O)C=CC(=O)O. The summed E-state index contributed by atoms with van der Waals surface area (Å²) in [5.41, 5.74) is -0.0331. The van der Waals surface area contributed by atoms with Gasteiger partial charge in [-0.2, -0.15) is 0 Å². The number of hydrogen-bond donors (Lipinski definition) is 2. The van der Waals surface area contributed by atoms with Crippen LogP contribution < -0.4 is 0 Å². The van der Waals surface area contributed by atoms with Gasteiger partial charge in [0.2, 0.25) is 0 Å². The molecule has 1 atom stereocenters. The summed E-state index contributed by atoms with van der Waals surface area (Å²) in [4.78, 5) is 54.5. The fourth-order valence-electron chi connectivity index (χ4n) is 0.958. The molecule has 0 aromatic rings. The standard InChI is InChI=1S/C14H14O10/c1-8(2)14(21)24-13(23-12(20)6-4-10(17)18)7-22-11(19)5-3-9(15)16/h3-6,13H,1,7H2,2H3,(H,15,16)(H,17,18). The second-order valence-corrected chi connectivity index (χ2v) is 4.03. The molecule has 0 aliphatic heterocycles. The van der Waals surface area contributed by atoms with Gasteiger partial charge in [-0.15, -0.1) is 0 Å². The van der Waals surface area contributed by atoms with Crippen LogP contribution in [0.5, 0.6) is 0 Å². The quantitative estimate of drug-likeness (QED) is 0.327. The van der Waals surface area contributed by atoms with Gasteiger partial charge in [-0.1, -0.05) is 6.58 Å². The van der Waals surface area contributed by atoms with Crippen LogP contribution in [0.25, 0.3) is 0 Å².